The SMILES string of the molecule is Cc1c(C(=O)O)noc1C1CCCCCC1. The predicted molar refractivity (Wildman–Crippen MR) is 58.6 cm³/mol. The molecule has 0 spiro atoms. The van der Waals surface area contributed by atoms with Gasteiger partial charge in [-0.1, -0.05) is 30.8 Å². The Balaban J connectivity index is 2.22. The number of carboxylic acid groups (broad SMARTS) is 1. The average molecular weight is 223 g/mol. The highest BCUT2D eigenvalue weighted by Gasteiger charge is 2.24. The zero-order valence-corrected chi connectivity index (χ0v) is 9.53. The molecule has 16 heavy (non-hydrogen) atoms. The Bertz CT molecular complexity index is 376. The Morgan fingerprint density at radius 1 is 1.31 bits per heavy atom. The van der Waals surface area contributed by atoms with E-state index in [0.717, 1.165) is 18.6 Å². The van der Waals surface area contributed by atoms with Crippen LogP contribution in [0.2, 0.25) is 0 Å². The molecular formula is C12H17NO3. The van der Waals surface area contributed by atoms with Crippen molar-refractivity contribution < 1.29 is 14.4 Å². The summed E-state index contributed by atoms with van der Waals surface area (Å²) >= 11 is 0. The Labute approximate surface area is 94.6 Å². The molecule has 4 heteroatoms. The van der Waals surface area contributed by atoms with Gasteiger partial charge in [-0.15, -0.1) is 0 Å². The van der Waals surface area contributed by atoms with E-state index in [9.17, 15) is 4.79 Å². The number of carbonyl (C=O) groups is 1. The van der Waals surface area contributed by atoms with E-state index in [-0.39, 0.29) is 5.69 Å². The third-order valence-corrected chi connectivity index (χ3v) is 3.39. The second-order valence-electron chi connectivity index (χ2n) is 4.51. The van der Waals surface area contributed by atoms with Crippen LogP contribution >= 0.6 is 0 Å². The minimum absolute atomic E-state index is 0.0687. The van der Waals surface area contributed by atoms with Crippen LogP contribution in [0, 0.1) is 6.92 Å². The van der Waals surface area contributed by atoms with E-state index in [1.165, 1.54) is 25.7 Å². The standard InChI is InChI=1S/C12H17NO3/c1-8-10(12(14)15)13-16-11(8)9-6-4-2-3-5-7-9/h9H,2-7H2,1H3,(H,14,15). The van der Waals surface area contributed by atoms with E-state index in [1.54, 1.807) is 6.92 Å². The fraction of sp³-hybridized carbons (Fsp3) is 0.667. The van der Waals surface area contributed by atoms with E-state index >= 15 is 0 Å². The summed E-state index contributed by atoms with van der Waals surface area (Å²) in [6, 6.07) is 0. The number of aromatic carboxylic acids is 1. The highest BCUT2D eigenvalue weighted by molar-refractivity contribution is 5.87. The van der Waals surface area contributed by atoms with Crippen molar-refractivity contribution in [3.05, 3.63) is 17.0 Å². The van der Waals surface area contributed by atoms with Crippen molar-refractivity contribution in [2.75, 3.05) is 0 Å². The summed E-state index contributed by atoms with van der Waals surface area (Å²) in [5.74, 6) is 0.156. The molecule has 0 unspecified atom stereocenters. The molecule has 0 aromatic carbocycles. The molecule has 0 bridgehead atoms. The molecule has 0 radical (unpaired) electrons. The molecular weight excluding hydrogens is 206 g/mol. The van der Waals surface area contributed by atoms with Gasteiger partial charge in [0.2, 0.25) is 0 Å². The van der Waals surface area contributed by atoms with Crippen LogP contribution in [0.4, 0.5) is 0 Å². The van der Waals surface area contributed by atoms with Gasteiger partial charge in [-0.3, -0.25) is 0 Å². The summed E-state index contributed by atoms with van der Waals surface area (Å²) in [4.78, 5) is 10.9. The lowest BCUT2D eigenvalue weighted by molar-refractivity contribution is 0.0685. The molecule has 1 fully saturated rings. The van der Waals surface area contributed by atoms with Crippen LogP contribution in [0.3, 0.4) is 0 Å². The third-order valence-electron chi connectivity index (χ3n) is 3.39. The van der Waals surface area contributed by atoms with Gasteiger partial charge in [-0.05, 0) is 19.8 Å². The van der Waals surface area contributed by atoms with Crippen molar-refractivity contribution in [1.82, 2.24) is 5.16 Å². The Morgan fingerprint density at radius 2 is 1.94 bits per heavy atom. The number of rotatable bonds is 2. The van der Waals surface area contributed by atoms with Crippen LogP contribution < -0.4 is 0 Å². The first-order chi connectivity index (χ1) is 7.70. The van der Waals surface area contributed by atoms with Crippen LogP contribution in [0.1, 0.15) is 66.3 Å². The van der Waals surface area contributed by atoms with Crippen molar-refractivity contribution in [3.63, 3.8) is 0 Å². The number of hydrogen-bond donors (Lipinski definition) is 1. The maximum absolute atomic E-state index is 10.9. The third kappa shape index (κ3) is 2.10. The monoisotopic (exact) mass is 223 g/mol. The zero-order valence-electron chi connectivity index (χ0n) is 9.53. The van der Waals surface area contributed by atoms with Gasteiger partial charge in [0.15, 0.2) is 5.69 Å². The molecule has 0 amide bonds. The Morgan fingerprint density at radius 3 is 2.44 bits per heavy atom. The molecule has 1 saturated carbocycles. The van der Waals surface area contributed by atoms with E-state index in [1.807, 2.05) is 0 Å². The number of carboxylic acids is 1. The number of hydrogen-bond acceptors (Lipinski definition) is 3. The summed E-state index contributed by atoms with van der Waals surface area (Å²) < 4.78 is 5.22. The average Bonchev–Trinajstić information content (AvgIpc) is 2.50. The van der Waals surface area contributed by atoms with E-state index in [4.69, 9.17) is 9.63 Å². The highest BCUT2D eigenvalue weighted by Crippen LogP contribution is 2.34. The Kier molecular flexibility index (Phi) is 3.27. The summed E-state index contributed by atoms with van der Waals surface area (Å²) in [7, 11) is 0. The van der Waals surface area contributed by atoms with Crippen LogP contribution in [-0.4, -0.2) is 16.2 Å². The lowest BCUT2D eigenvalue weighted by Gasteiger charge is -2.10. The molecule has 2 rings (SSSR count). The van der Waals surface area contributed by atoms with Gasteiger partial charge in [0.25, 0.3) is 0 Å². The van der Waals surface area contributed by atoms with Gasteiger partial charge in [-0.25, -0.2) is 4.79 Å². The number of nitrogens with zero attached hydrogens (tertiary/aromatic N) is 1. The maximum Gasteiger partial charge on any atom is 0.358 e. The zero-order chi connectivity index (χ0) is 11.5. The first-order valence-corrected chi connectivity index (χ1v) is 5.89. The molecule has 1 aliphatic rings. The fourth-order valence-corrected chi connectivity index (χ4v) is 2.47. The van der Waals surface area contributed by atoms with Gasteiger partial charge in [0, 0.05) is 11.5 Å². The van der Waals surface area contributed by atoms with Crippen molar-refractivity contribution in [3.8, 4) is 0 Å². The van der Waals surface area contributed by atoms with Crippen molar-refractivity contribution >= 4 is 5.97 Å². The van der Waals surface area contributed by atoms with Crippen molar-refractivity contribution in [1.29, 1.82) is 0 Å². The second-order valence-corrected chi connectivity index (χ2v) is 4.51. The molecule has 1 heterocycles. The molecule has 4 nitrogen and oxygen atoms in total. The van der Waals surface area contributed by atoms with Crippen molar-refractivity contribution in [2.24, 2.45) is 0 Å². The maximum atomic E-state index is 10.9. The van der Waals surface area contributed by atoms with Crippen LogP contribution in [0.15, 0.2) is 4.52 Å². The molecule has 1 aromatic heterocycles. The first-order valence-electron chi connectivity index (χ1n) is 5.89. The minimum Gasteiger partial charge on any atom is -0.476 e. The van der Waals surface area contributed by atoms with Gasteiger partial charge < -0.3 is 9.63 Å². The topological polar surface area (TPSA) is 63.3 Å². The van der Waals surface area contributed by atoms with Crippen LogP contribution in [-0.2, 0) is 0 Å². The Hall–Kier alpha value is -1.32. The van der Waals surface area contributed by atoms with Gasteiger partial charge in [0.1, 0.15) is 5.76 Å². The van der Waals surface area contributed by atoms with Crippen LogP contribution in [0.5, 0.6) is 0 Å². The summed E-state index contributed by atoms with van der Waals surface area (Å²) in [5, 5.41) is 12.6. The van der Waals surface area contributed by atoms with Gasteiger partial charge in [-0.2, -0.15) is 0 Å². The normalized spacial score (nSPS) is 18.3. The molecule has 0 saturated heterocycles. The second kappa shape index (κ2) is 4.68. The summed E-state index contributed by atoms with van der Waals surface area (Å²) in [6.07, 6.45) is 7.13. The molecule has 0 aliphatic heterocycles. The lowest BCUT2D eigenvalue weighted by Crippen LogP contribution is -2.01. The molecule has 0 atom stereocenters. The minimum atomic E-state index is -0.999. The predicted octanol–water partition coefficient (Wildman–Crippen LogP) is 3.12. The largest absolute Gasteiger partial charge is 0.476 e. The van der Waals surface area contributed by atoms with E-state index in [0.29, 0.717) is 11.5 Å². The highest BCUT2D eigenvalue weighted by atomic mass is 16.5. The van der Waals surface area contributed by atoms with E-state index < -0.39 is 5.97 Å². The van der Waals surface area contributed by atoms with Crippen molar-refractivity contribution in [2.45, 2.75) is 51.4 Å². The molecule has 1 aliphatic carbocycles. The smallest absolute Gasteiger partial charge is 0.358 e. The molecule has 1 aromatic rings. The fourth-order valence-electron chi connectivity index (χ4n) is 2.47. The lowest BCUT2D eigenvalue weighted by atomic mass is 9.94. The summed E-state index contributed by atoms with van der Waals surface area (Å²) in [5.41, 5.74) is 0.777. The first kappa shape index (κ1) is 11.2. The summed E-state index contributed by atoms with van der Waals surface area (Å²) in [6.45, 7) is 1.79. The quantitative estimate of drug-likeness (QED) is 0.782. The number of aromatic nitrogens is 1. The van der Waals surface area contributed by atoms with Gasteiger partial charge in [0.05, 0.1) is 0 Å². The van der Waals surface area contributed by atoms with E-state index in [2.05, 4.69) is 5.16 Å². The van der Waals surface area contributed by atoms with Crippen LogP contribution in [0.25, 0.3) is 0 Å². The molecule has 88 valence electrons. The van der Waals surface area contributed by atoms with Gasteiger partial charge >= 0.3 is 5.97 Å². The molecule has 1 N–H and O–H groups in total.